The summed E-state index contributed by atoms with van der Waals surface area (Å²) >= 11 is 0. The van der Waals surface area contributed by atoms with E-state index < -0.39 is 11.0 Å². The fourth-order valence-corrected chi connectivity index (χ4v) is 8.19. The second-order valence-electron chi connectivity index (χ2n) is 9.49. The van der Waals surface area contributed by atoms with Gasteiger partial charge in [0.15, 0.2) is 0 Å². The molecule has 4 bridgehead atoms. The van der Waals surface area contributed by atoms with Gasteiger partial charge in [-0.2, -0.15) is 9.57 Å². The normalized spacial score (nSPS) is 35.6. The molecule has 1 heterocycles. The molecule has 3 N–H and O–H groups in total. The minimum Gasteiger partial charge on any atom is -0.352 e. The van der Waals surface area contributed by atoms with Gasteiger partial charge in [0.25, 0.3) is 0 Å². The molecule has 7 nitrogen and oxygen atoms in total. The van der Waals surface area contributed by atoms with Crippen LogP contribution in [0, 0.1) is 35.0 Å². The standard InChI is InChI=1S/C22H30N4O3S/c23-13-15-2-4-20(5-3-15)26-7-1-6-25(30(26,28)29)14-21(27)24-22-18-9-16-8-17(11-18)12-19(22)10-16/h2-5,16-19,22,28-29H,1,6-12,14H2,(H,24,27). The van der Waals surface area contributed by atoms with Crippen molar-refractivity contribution in [2.45, 2.75) is 44.6 Å². The van der Waals surface area contributed by atoms with Crippen molar-refractivity contribution >= 4 is 22.6 Å². The number of nitrogens with one attached hydrogen (secondary N) is 1. The highest BCUT2D eigenvalue weighted by Gasteiger charge is 2.48. The molecule has 0 atom stereocenters. The molecule has 162 valence electrons. The first kappa shape index (κ1) is 20.1. The summed E-state index contributed by atoms with van der Waals surface area (Å²) in [5, 5.41) is 12.3. The van der Waals surface area contributed by atoms with E-state index in [1.807, 2.05) is 0 Å². The maximum Gasteiger partial charge on any atom is 0.236 e. The zero-order chi connectivity index (χ0) is 20.9. The van der Waals surface area contributed by atoms with Gasteiger partial charge in [0, 0.05) is 19.1 Å². The van der Waals surface area contributed by atoms with Crippen molar-refractivity contribution in [2.75, 3.05) is 23.9 Å². The lowest BCUT2D eigenvalue weighted by atomic mass is 9.54. The number of benzene rings is 1. The Morgan fingerprint density at radius 3 is 2.30 bits per heavy atom. The van der Waals surface area contributed by atoms with Crippen LogP contribution < -0.4 is 9.62 Å². The number of carbonyl (C=O) groups is 1. The summed E-state index contributed by atoms with van der Waals surface area (Å²) in [7, 11) is -3.27. The Morgan fingerprint density at radius 1 is 1.07 bits per heavy atom. The van der Waals surface area contributed by atoms with Crippen LogP contribution in [0.15, 0.2) is 24.3 Å². The van der Waals surface area contributed by atoms with Gasteiger partial charge in [0.05, 0.1) is 23.9 Å². The maximum atomic E-state index is 12.9. The Kier molecular flexibility index (Phi) is 5.18. The van der Waals surface area contributed by atoms with Gasteiger partial charge in [-0.25, -0.2) is 0 Å². The minimum absolute atomic E-state index is 0.00207. The summed E-state index contributed by atoms with van der Waals surface area (Å²) in [6.07, 6.45) is 7.08. The summed E-state index contributed by atoms with van der Waals surface area (Å²) in [6.45, 7) is 0.976. The molecule has 5 fully saturated rings. The molecule has 8 heteroatoms. The third-order valence-corrected chi connectivity index (χ3v) is 9.56. The first-order valence-corrected chi connectivity index (χ1v) is 12.5. The van der Waals surface area contributed by atoms with Crippen molar-refractivity contribution in [3.8, 4) is 6.07 Å². The molecule has 1 aliphatic heterocycles. The van der Waals surface area contributed by atoms with Crippen LogP contribution in [0.5, 0.6) is 0 Å². The lowest BCUT2D eigenvalue weighted by molar-refractivity contribution is -0.125. The van der Waals surface area contributed by atoms with Crippen LogP contribution in [-0.2, 0) is 4.79 Å². The highest BCUT2D eigenvalue weighted by molar-refractivity contribution is 8.23. The Bertz CT molecular complexity index is 825. The Hall–Kier alpha value is -1.79. The zero-order valence-corrected chi connectivity index (χ0v) is 17.9. The molecule has 4 aliphatic carbocycles. The predicted molar refractivity (Wildman–Crippen MR) is 117 cm³/mol. The number of nitrogens with zero attached hydrogens (tertiary/aromatic N) is 3. The van der Waals surface area contributed by atoms with Gasteiger partial charge in [0.1, 0.15) is 0 Å². The van der Waals surface area contributed by atoms with E-state index in [0.717, 1.165) is 18.3 Å². The minimum atomic E-state index is -3.27. The van der Waals surface area contributed by atoms with E-state index >= 15 is 0 Å². The van der Waals surface area contributed by atoms with Gasteiger partial charge >= 0.3 is 0 Å². The molecule has 4 saturated carbocycles. The number of anilines is 1. The molecule has 1 aromatic carbocycles. The number of rotatable bonds is 4. The fraction of sp³-hybridized carbons (Fsp3) is 0.636. The van der Waals surface area contributed by atoms with Crippen LogP contribution in [0.4, 0.5) is 5.69 Å². The molecule has 0 aromatic heterocycles. The van der Waals surface area contributed by atoms with E-state index in [-0.39, 0.29) is 18.5 Å². The van der Waals surface area contributed by atoms with Crippen LogP contribution >= 0.6 is 11.0 Å². The Balaban J connectivity index is 1.25. The van der Waals surface area contributed by atoms with Crippen molar-refractivity contribution in [3.05, 3.63) is 29.8 Å². The van der Waals surface area contributed by atoms with Crippen molar-refractivity contribution in [3.63, 3.8) is 0 Å². The van der Waals surface area contributed by atoms with E-state index in [0.29, 0.717) is 36.2 Å². The van der Waals surface area contributed by atoms with Gasteiger partial charge in [-0.3, -0.25) is 18.2 Å². The highest BCUT2D eigenvalue weighted by Crippen LogP contribution is 2.54. The van der Waals surface area contributed by atoms with Crippen molar-refractivity contribution in [2.24, 2.45) is 23.7 Å². The molecule has 1 saturated heterocycles. The van der Waals surface area contributed by atoms with E-state index in [9.17, 15) is 13.9 Å². The van der Waals surface area contributed by atoms with Gasteiger partial charge in [-0.1, -0.05) is 11.0 Å². The number of hydrogen-bond acceptors (Lipinski definition) is 6. The number of amides is 1. The molecule has 0 unspecified atom stereocenters. The van der Waals surface area contributed by atoms with E-state index in [2.05, 4.69) is 11.4 Å². The predicted octanol–water partition coefficient (Wildman–Crippen LogP) is 3.59. The molecule has 0 radical (unpaired) electrons. The number of nitriles is 1. The lowest BCUT2D eigenvalue weighted by Crippen LogP contribution is -2.57. The summed E-state index contributed by atoms with van der Waals surface area (Å²) in [4.78, 5) is 12.9. The SMILES string of the molecule is N#Cc1ccc(N2CCCN(CC(=O)NC3C4CC5CC(C4)CC3C5)S2(O)O)cc1. The monoisotopic (exact) mass is 430 g/mol. The third-order valence-electron chi connectivity index (χ3n) is 7.57. The van der Waals surface area contributed by atoms with Crippen molar-refractivity contribution in [1.29, 1.82) is 5.26 Å². The molecule has 0 spiro atoms. The van der Waals surface area contributed by atoms with Crippen LogP contribution in [-0.4, -0.2) is 45.0 Å². The lowest BCUT2D eigenvalue weighted by Gasteiger charge is -2.55. The quantitative estimate of drug-likeness (QED) is 0.675. The van der Waals surface area contributed by atoms with Crippen LogP contribution in [0.3, 0.4) is 0 Å². The van der Waals surface area contributed by atoms with Crippen LogP contribution in [0.25, 0.3) is 0 Å². The Morgan fingerprint density at radius 2 is 1.70 bits per heavy atom. The van der Waals surface area contributed by atoms with Crippen molar-refractivity contribution < 1.29 is 13.9 Å². The largest absolute Gasteiger partial charge is 0.352 e. The van der Waals surface area contributed by atoms with Gasteiger partial charge in [-0.05, 0) is 86.5 Å². The number of hydrogen-bond donors (Lipinski definition) is 3. The maximum absolute atomic E-state index is 12.9. The van der Waals surface area contributed by atoms with E-state index in [4.69, 9.17) is 5.26 Å². The molecule has 6 rings (SSSR count). The van der Waals surface area contributed by atoms with Gasteiger partial charge in [0.2, 0.25) is 5.91 Å². The summed E-state index contributed by atoms with van der Waals surface area (Å²) in [5.41, 5.74) is 1.18. The van der Waals surface area contributed by atoms with Crippen molar-refractivity contribution in [1.82, 2.24) is 9.62 Å². The average molecular weight is 431 g/mol. The Labute approximate surface area is 179 Å². The van der Waals surface area contributed by atoms with Crippen LogP contribution in [0.1, 0.15) is 44.1 Å². The smallest absolute Gasteiger partial charge is 0.236 e. The molecule has 1 aromatic rings. The first-order chi connectivity index (χ1) is 14.4. The number of carbonyl (C=O) groups excluding carboxylic acids is 1. The highest BCUT2D eigenvalue weighted by atomic mass is 32.3. The molecular weight excluding hydrogens is 400 g/mol. The van der Waals surface area contributed by atoms with E-state index in [1.54, 1.807) is 28.6 Å². The fourth-order valence-electron chi connectivity index (χ4n) is 6.47. The second kappa shape index (κ2) is 7.72. The van der Waals surface area contributed by atoms with Gasteiger partial charge < -0.3 is 5.32 Å². The topological polar surface area (TPSA) is 99.8 Å². The van der Waals surface area contributed by atoms with Crippen LogP contribution in [0.2, 0.25) is 0 Å². The zero-order valence-electron chi connectivity index (χ0n) is 17.1. The molecule has 30 heavy (non-hydrogen) atoms. The summed E-state index contributed by atoms with van der Waals surface area (Å²) < 4.78 is 25.0. The average Bonchev–Trinajstić information content (AvgIpc) is 2.72. The molecular formula is C22H30N4O3S. The molecule has 1 amide bonds. The second-order valence-corrected chi connectivity index (χ2v) is 11.4. The third kappa shape index (κ3) is 3.58. The van der Waals surface area contributed by atoms with Gasteiger partial charge in [-0.15, -0.1) is 0 Å². The summed E-state index contributed by atoms with van der Waals surface area (Å²) in [6, 6.07) is 9.12. The summed E-state index contributed by atoms with van der Waals surface area (Å²) in [5.74, 6) is 2.81. The van der Waals surface area contributed by atoms with E-state index in [1.165, 1.54) is 36.4 Å². The first-order valence-electron chi connectivity index (χ1n) is 11.0. The molecule has 5 aliphatic rings.